The van der Waals surface area contributed by atoms with Crippen molar-refractivity contribution in [2.75, 3.05) is 5.32 Å². The fourth-order valence-corrected chi connectivity index (χ4v) is 1.89. The third-order valence-corrected chi connectivity index (χ3v) is 3.20. The van der Waals surface area contributed by atoms with Gasteiger partial charge in [0.15, 0.2) is 0 Å². The molecule has 0 saturated heterocycles. The van der Waals surface area contributed by atoms with Crippen LogP contribution in [0.25, 0.3) is 0 Å². The lowest BCUT2D eigenvalue weighted by atomic mass is 10.0. The van der Waals surface area contributed by atoms with Gasteiger partial charge in [0.25, 0.3) is 0 Å². The van der Waals surface area contributed by atoms with Crippen LogP contribution in [0.3, 0.4) is 0 Å². The number of pyridine rings is 1. The lowest BCUT2D eigenvalue weighted by Crippen LogP contribution is -2.16. The molecule has 0 spiro atoms. The molecule has 98 valence electrons. The van der Waals surface area contributed by atoms with Crippen LogP contribution >= 0.6 is 0 Å². The highest BCUT2D eigenvalue weighted by molar-refractivity contribution is 5.91. The number of hydrogen-bond acceptors (Lipinski definition) is 2. The van der Waals surface area contributed by atoms with Gasteiger partial charge in [-0.15, -0.1) is 0 Å². The first-order valence-corrected chi connectivity index (χ1v) is 6.34. The average Bonchev–Trinajstić information content (AvgIpc) is 2.37. The number of nitrogens with zero attached hydrogens (tertiary/aromatic N) is 1. The van der Waals surface area contributed by atoms with E-state index in [2.05, 4.69) is 30.2 Å². The Morgan fingerprint density at radius 3 is 2.58 bits per heavy atom. The zero-order valence-corrected chi connectivity index (χ0v) is 11.5. The summed E-state index contributed by atoms with van der Waals surface area (Å²) in [5.74, 6) is 0.599. The third-order valence-electron chi connectivity index (χ3n) is 3.20. The molecule has 2 rings (SSSR count). The van der Waals surface area contributed by atoms with E-state index < -0.39 is 0 Å². The van der Waals surface area contributed by atoms with E-state index in [1.54, 1.807) is 6.20 Å². The zero-order valence-electron chi connectivity index (χ0n) is 11.5. The molecule has 19 heavy (non-hydrogen) atoms. The molecule has 1 aromatic carbocycles. The zero-order chi connectivity index (χ0) is 13.8. The standard InChI is InChI=1S/C16H18N2O/c1-11-6-7-14(9-13(11)3)10-15(19)18-16-12(2)5-4-8-17-16/h4-9H,10H2,1-3H3,(H,17,18,19). The Morgan fingerprint density at radius 2 is 1.89 bits per heavy atom. The number of benzene rings is 1. The van der Waals surface area contributed by atoms with Crippen molar-refractivity contribution in [2.24, 2.45) is 0 Å². The van der Waals surface area contributed by atoms with Crippen molar-refractivity contribution >= 4 is 11.7 Å². The molecule has 3 nitrogen and oxygen atoms in total. The highest BCUT2D eigenvalue weighted by Gasteiger charge is 2.07. The maximum absolute atomic E-state index is 12.0. The smallest absolute Gasteiger partial charge is 0.229 e. The maximum Gasteiger partial charge on any atom is 0.229 e. The molecule has 3 heteroatoms. The lowest BCUT2D eigenvalue weighted by Gasteiger charge is -2.08. The number of anilines is 1. The molecule has 0 atom stereocenters. The minimum absolute atomic E-state index is 0.0370. The molecule has 0 unspecified atom stereocenters. The highest BCUT2D eigenvalue weighted by Crippen LogP contribution is 2.12. The Morgan fingerprint density at radius 1 is 1.11 bits per heavy atom. The topological polar surface area (TPSA) is 42.0 Å². The van der Waals surface area contributed by atoms with Crippen LogP contribution in [-0.4, -0.2) is 10.9 Å². The Bertz CT molecular complexity index is 605. The molecule has 2 aromatic rings. The van der Waals surface area contributed by atoms with Gasteiger partial charge in [-0.25, -0.2) is 4.98 Å². The van der Waals surface area contributed by atoms with Crippen molar-refractivity contribution in [1.29, 1.82) is 0 Å². The second kappa shape index (κ2) is 5.65. The third kappa shape index (κ3) is 3.41. The SMILES string of the molecule is Cc1ccc(CC(=O)Nc2ncccc2C)cc1C. The molecular formula is C16H18N2O. The van der Waals surface area contributed by atoms with Crippen LogP contribution in [-0.2, 0) is 11.2 Å². The highest BCUT2D eigenvalue weighted by atomic mass is 16.1. The summed E-state index contributed by atoms with van der Waals surface area (Å²) < 4.78 is 0. The first-order valence-electron chi connectivity index (χ1n) is 6.34. The van der Waals surface area contributed by atoms with E-state index >= 15 is 0 Å². The number of rotatable bonds is 3. The lowest BCUT2D eigenvalue weighted by molar-refractivity contribution is -0.115. The Balaban J connectivity index is 2.05. The minimum atomic E-state index is -0.0370. The van der Waals surface area contributed by atoms with Crippen molar-refractivity contribution < 1.29 is 4.79 Å². The molecule has 0 aliphatic heterocycles. The molecule has 1 aromatic heterocycles. The van der Waals surface area contributed by atoms with Crippen LogP contribution < -0.4 is 5.32 Å². The van der Waals surface area contributed by atoms with Gasteiger partial charge < -0.3 is 5.32 Å². The van der Waals surface area contributed by atoms with Gasteiger partial charge in [0.2, 0.25) is 5.91 Å². The predicted octanol–water partition coefficient (Wildman–Crippen LogP) is 3.19. The summed E-state index contributed by atoms with van der Waals surface area (Å²) in [6.07, 6.45) is 2.05. The molecule has 0 fully saturated rings. The number of hydrogen-bond donors (Lipinski definition) is 1. The van der Waals surface area contributed by atoms with Gasteiger partial charge in [-0.2, -0.15) is 0 Å². The largest absolute Gasteiger partial charge is 0.310 e. The summed E-state index contributed by atoms with van der Waals surface area (Å²) in [7, 11) is 0. The molecule has 0 aliphatic rings. The quantitative estimate of drug-likeness (QED) is 0.914. The molecule has 1 N–H and O–H groups in total. The van der Waals surface area contributed by atoms with E-state index in [9.17, 15) is 4.79 Å². The Kier molecular flexibility index (Phi) is 3.95. The molecule has 0 radical (unpaired) electrons. The van der Waals surface area contributed by atoms with E-state index in [1.165, 1.54) is 11.1 Å². The molecule has 0 bridgehead atoms. The van der Waals surface area contributed by atoms with E-state index in [-0.39, 0.29) is 5.91 Å². The van der Waals surface area contributed by atoms with Gasteiger partial charge in [-0.05, 0) is 49.1 Å². The van der Waals surface area contributed by atoms with Crippen LogP contribution in [0.2, 0.25) is 0 Å². The van der Waals surface area contributed by atoms with E-state index in [4.69, 9.17) is 0 Å². The van der Waals surface area contributed by atoms with Crippen LogP contribution in [0.15, 0.2) is 36.5 Å². The first kappa shape index (κ1) is 13.3. The van der Waals surface area contributed by atoms with Gasteiger partial charge in [-0.3, -0.25) is 4.79 Å². The minimum Gasteiger partial charge on any atom is -0.310 e. The average molecular weight is 254 g/mol. The first-order chi connectivity index (χ1) is 9.06. The van der Waals surface area contributed by atoms with Gasteiger partial charge >= 0.3 is 0 Å². The molecule has 0 saturated carbocycles. The Labute approximate surface area is 113 Å². The number of aromatic nitrogens is 1. The van der Waals surface area contributed by atoms with Crippen molar-refractivity contribution in [3.05, 3.63) is 58.8 Å². The van der Waals surface area contributed by atoms with Gasteiger partial charge in [-0.1, -0.05) is 24.3 Å². The number of nitrogens with one attached hydrogen (secondary N) is 1. The summed E-state index contributed by atoms with van der Waals surface area (Å²) in [6, 6.07) is 9.88. The van der Waals surface area contributed by atoms with Crippen LogP contribution in [0, 0.1) is 20.8 Å². The number of aryl methyl sites for hydroxylation is 3. The van der Waals surface area contributed by atoms with Crippen LogP contribution in [0.1, 0.15) is 22.3 Å². The maximum atomic E-state index is 12.0. The van der Waals surface area contributed by atoms with E-state index in [1.807, 2.05) is 31.2 Å². The van der Waals surface area contributed by atoms with Crippen LogP contribution in [0.5, 0.6) is 0 Å². The second-order valence-electron chi connectivity index (χ2n) is 4.81. The molecule has 1 heterocycles. The fourth-order valence-electron chi connectivity index (χ4n) is 1.89. The summed E-state index contributed by atoms with van der Waals surface area (Å²) >= 11 is 0. The normalized spacial score (nSPS) is 10.3. The van der Waals surface area contributed by atoms with Crippen LogP contribution in [0.4, 0.5) is 5.82 Å². The van der Waals surface area contributed by atoms with Crippen molar-refractivity contribution in [3.8, 4) is 0 Å². The van der Waals surface area contributed by atoms with Crippen molar-refractivity contribution in [1.82, 2.24) is 4.98 Å². The predicted molar refractivity (Wildman–Crippen MR) is 77.2 cm³/mol. The summed E-state index contributed by atoms with van der Waals surface area (Å²) in [5, 5.41) is 2.84. The monoisotopic (exact) mass is 254 g/mol. The summed E-state index contributed by atoms with van der Waals surface area (Å²) in [6.45, 7) is 6.05. The number of carbonyl (C=O) groups is 1. The van der Waals surface area contributed by atoms with Gasteiger partial charge in [0.05, 0.1) is 6.42 Å². The van der Waals surface area contributed by atoms with Crippen molar-refractivity contribution in [2.45, 2.75) is 27.2 Å². The van der Waals surface area contributed by atoms with E-state index in [0.29, 0.717) is 12.2 Å². The molecule has 0 aliphatic carbocycles. The Hall–Kier alpha value is -2.16. The number of carbonyl (C=O) groups excluding carboxylic acids is 1. The van der Waals surface area contributed by atoms with Gasteiger partial charge in [0.1, 0.15) is 5.82 Å². The number of amides is 1. The van der Waals surface area contributed by atoms with E-state index in [0.717, 1.165) is 11.1 Å². The molecule has 1 amide bonds. The van der Waals surface area contributed by atoms with Gasteiger partial charge in [0, 0.05) is 6.20 Å². The second-order valence-corrected chi connectivity index (χ2v) is 4.81. The fraction of sp³-hybridized carbons (Fsp3) is 0.250. The molecular weight excluding hydrogens is 236 g/mol. The summed E-state index contributed by atoms with van der Waals surface area (Å²) in [4.78, 5) is 16.1. The summed E-state index contributed by atoms with van der Waals surface area (Å²) in [5.41, 5.74) is 4.44. The van der Waals surface area contributed by atoms with Crippen molar-refractivity contribution in [3.63, 3.8) is 0 Å².